The molecule has 0 radical (unpaired) electrons. The van der Waals surface area contributed by atoms with E-state index in [1.807, 2.05) is 13.8 Å². The number of carboxylic acids is 1. The van der Waals surface area contributed by atoms with Gasteiger partial charge in [0, 0.05) is 4.75 Å². The van der Waals surface area contributed by atoms with Gasteiger partial charge < -0.3 is 10.8 Å². The van der Waals surface area contributed by atoms with Crippen LogP contribution in [0, 0.1) is 0 Å². The first-order valence-electron chi connectivity index (χ1n) is 3.04. The molecule has 0 aliphatic rings. The van der Waals surface area contributed by atoms with Gasteiger partial charge in [0.2, 0.25) is 0 Å². The highest BCUT2D eigenvalue weighted by Crippen LogP contribution is 2.17. The second kappa shape index (κ2) is 3.25. The number of hydrogen-bond acceptors (Lipinski definition) is 3. The Morgan fingerprint density at radius 2 is 2.20 bits per heavy atom. The van der Waals surface area contributed by atoms with Gasteiger partial charge in [-0.25, -0.2) is 0 Å². The molecule has 0 saturated heterocycles. The van der Waals surface area contributed by atoms with Gasteiger partial charge in [-0.15, -0.1) is 0 Å². The molecule has 0 aliphatic carbocycles. The SMILES string of the molecule is CC(C)(S)C[C@@H](N)C(=O)O. The predicted molar refractivity (Wildman–Crippen MR) is 43.3 cm³/mol. The summed E-state index contributed by atoms with van der Waals surface area (Å²) in [6.07, 6.45) is 0.380. The Morgan fingerprint density at radius 1 is 1.80 bits per heavy atom. The zero-order valence-electron chi connectivity index (χ0n) is 6.16. The molecule has 0 spiro atoms. The Morgan fingerprint density at radius 3 is 2.30 bits per heavy atom. The molecular weight excluding hydrogens is 150 g/mol. The van der Waals surface area contributed by atoms with Gasteiger partial charge in [0.05, 0.1) is 0 Å². The summed E-state index contributed by atoms with van der Waals surface area (Å²) >= 11 is 4.15. The lowest BCUT2D eigenvalue weighted by atomic mass is 10.0. The average molecular weight is 163 g/mol. The van der Waals surface area contributed by atoms with Gasteiger partial charge >= 0.3 is 5.97 Å². The number of nitrogens with two attached hydrogens (primary N) is 1. The Bertz CT molecular complexity index is 130. The Hall–Kier alpha value is -0.220. The van der Waals surface area contributed by atoms with Crippen molar-refractivity contribution in [2.75, 3.05) is 0 Å². The standard InChI is InChI=1S/C6H13NO2S/c1-6(2,10)3-4(7)5(8)9/h4,10H,3,7H2,1-2H3,(H,8,9)/t4-/m1/s1. The van der Waals surface area contributed by atoms with E-state index in [-0.39, 0.29) is 4.75 Å². The molecule has 4 heteroatoms. The highest BCUT2D eigenvalue weighted by molar-refractivity contribution is 7.81. The predicted octanol–water partition coefficient (Wildman–Crippen LogP) is 0.497. The van der Waals surface area contributed by atoms with E-state index in [2.05, 4.69) is 12.6 Å². The second-order valence-corrected chi connectivity index (χ2v) is 4.17. The van der Waals surface area contributed by atoms with Crippen LogP contribution in [0.15, 0.2) is 0 Å². The van der Waals surface area contributed by atoms with Crippen LogP contribution in [0.2, 0.25) is 0 Å². The fourth-order valence-electron chi connectivity index (χ4n) is 0.625. The van der Waals surface area contributed by atoms with Crippen LogP contribution < -0.4 is 5.73 Å². The number of carboxylic acid groups (broad SMARTS) is 1. The van der Waals surface area contributed by atoms with Crippen LogP contribution in [-0.2, 0) is 4.79 Å². The van der Waals surface area contributed by atoms with E-state index in [9.17, 15) is 4.79 Å². The van der Waals surface area contributed by atoms with E-state index in [0.717, 1.165) is 0 Å². The number of thiol groups is 1. The fraction of sp³-hybridized carbons (Fsp3) is 0.833. The molecule has 3 N–H and O–H groups in total. The van der Waals surface area contributed by atoms with Gasteiger partial charge in [-0.3, -0.25) is 4.79 Å². The number of aliphatic carboxylic acids is 1. The van der Waals surface area contributed by atoms with E-state index in [4.69, 9.17) is 10.8 Å². The summed E-state index contributed by atoms with van der Waals surface area (Å²) in [4.78, 5) is 10.2. The van der Waals surface area contributed by atoms with Crippen molar-refractivity contribution in [1.82, 2.24) is 0 Å². The molecule has 0 saturated carbocycles. The van der Waals surface area contributed by atoms with Crippen molar-refractivity contribution in [3.05, 3.63) is 0 Å². The van der Waals surface area contributed by atoms with Crippen molar-refractivity contribution in [3.63, 3.8) is 0 Å². The minimum Gasteiger partial charge on any atom is -0.480 e. The number of rotatable bonds is 3. The van der Waals surface area contributed by atoms with E-state index in [1.54, 1.807) is 0 Å². The van der Waals surface area contributed by atoms with Crippen molar-refractivity contribution >= 4 is 18.6 Å². The molecule has 60 valence electrons. The van der Waals surface area contributed by atoms with E-state index in [0.29, 0.717) is 6.42 Å². The third-order valence-electron chi connectivity index (χ3n) is 1.04. The van der Waals surface area contributed by atoms with Crippen molar-refractivity contribution in [1.29, 1.82) is 0 Å². The lowest BCUT2D eigenvalue weighted by Crippen LogP contribution is -2.35. The minimum atomic E-state index is -0.970. The van der Waals surface area contributed by atoms with Gasteiger partial charge in [-0.05, 0) is 6.42 Å². The molecule has 0 fully saturated rings. The molecule has 0 aromatic rings. The third kappa shape index (κ3) is 4.64. The zero-order valence-corrected chi connectivity index (χ0v) is 7.06. The molecule has 0 heterocycles. The molecule has 0 aromatic heterocycles. The zero-order chi connectivity index (χ0) is 8.36. The Kier molecular flexibility index (Phi) is 3.18. The molecule has 0 bridgehead atoms. The van der Waals surface area contributed by atoms with Crippen LogP contribution in [0.4, 0.5) is 0 Å². The van der Waals surface area contributed by atoms with Gasteiger partial charge in [0.15, 0.2) is 0 Å². The van der Waals surface area contributed by atoms with Crippen LogP contribution in [0.1, 0.15) is 20.3 Å². The summed E-state index contributed by atoms with van der Waals surface area (Å²) < 4.78 is -0.308. The van der Waals surface area contributed by atoms with Crippen LogP contribution >= 0.6 is 12.6 Å². The first-order chi connectivity index (χ1) is 4.33. The summed E-state index contributed by atoms with van der Waals surface area (Å²) in [6, 6.07) is -0.799. The highest BCUT2D eigenvalue weighted by Gasteiger charge is 2.20. The van der Waals surface area contributed by atoms with Crippen molar-refractivity contribution in [3.8, 4) is 0 Å². The summed E-state index contributed by atoms with van der Waals surface area (Å²) in [5, 5.41) is 8.39. The van der Waals surface area contributed by atoms with Crippen LogP contribution in [0.5, 0.6) is 0 Å². The van der Waals surface area contributed by atoms with E-state index in [1.165, 1.54) is 0 Å². The van der Waals surface area contributed by atoms with Gasteiger partial charge in [-0.1, -0.05) is 13.8 Å². The quantitative estimate of drug-likeness (QED) is 0.531. The fourth-order valence-corrected chi connectivity index (χ4v) is 0.822. The van der Waals surface area contributed by atoms with Crippen LogP contribution in [0.25, 0.3) is 0 Å². The maximum atomic E-state index is 10.2. The van der Waals surface area contributed by atoms with Gasteiger partial charge in [-0.2, -0.15) is 12.6 Å². The van der Waals surface area contributed by atoms with Crippen LogP contribution in [-0.4, -0.2) is 21.9 Å². The summed E-state index contributed by atoms with van der Waals surface area (Å²) in [5.41, 5.74) is 5.25. The monoisotopic (exact) mass is 163 g/mol. The van der Waals surface area contributed by atoms with Crippen molar-refractivity contribution in [2.45, 2.75) is 31.1 Å². The second-order valence-electron chi connectivity index (χ2n) is 2.96. The van der Waals surface area contributed by atoms with Crippen molar-refractivity contribution in [2.24, 2.45) is 5.73 Å². The topological polar surface area (TPSA) is 63.3 Å². The van der Waals surface area contributed by atoms with Gasteiger partial charge in [0.1, 0.15) is 6.04 Å². The van der Waals surface area contributed by atoms with E-state index < -0.39 is 12.0 Å². The van der Waals surface area contributed by atoms with Crippen molar-refractivity contribution < 1.29 is 9.90 Å². The molecule has 1 atom stereocenters. The number of hydrogen-bond donors (Lipinski definition) is 3. The first kappa shape index (κ1) is 9.78. The van der Waals surface area contributed by atoms with Crippen LogP contribution in [0.3, 0.4) is 0 Å². The Labute approximate surface area is 66.0 Å². The average Bonchev–Trinajstić information content (AvgIpc) is 1.60. The maximum Gasteiger partial charge on any atom is 0.320 e. The minimum absolute atomic E-state index is 0.308. The molecule has 0 amide bonds. The smallest absolute Gasteiger partial charge is 0.320 e. The summed E-state index contributed by atoms with van der Waals surface area (Å²) in [5.74, 6) is -0.970. The molecule has 3 nitrogen and oxygen atoms in total. The summed E-state index contributed by atoms with van der Waals surface area (Å²) in [6.45, 7) is 3.66. The molecular formula is C6H13NO2S. The lowest BCUT2D eigenvalue weighted by molar-refractivity contribution is -0.138. The lowest BCUT2D eigenvalue weighted by Gasteiger charge is -2.19. The molecule has 10 heavy (non-hydrogen) atoms. The highest BCUT2D eigenvalue weighted by atomic mass is 32.1. The Balaban J connectivity index is 3.80. The molecule has 0 rings (SSSR count). The third-order valence-corrected chi connectivity index (χ3v) is 1.22. The maximum absolute atomic E-state index is 10.2. The van der Waals surface area contributed by atoms with E-state index >= 15 is 0 Å². The normalized spacial score (nSPS) is 14.8. The first-order valence-corrected chi connectivity index (χ1v) is 3.48. The molecule has 0 aliphatic heterocycles. The van der Waals surface area contributed by atoms with Gasteiger partial charge in [0.25, 0.3) is 0 Å². The molecule has 0 aromatic carbocycles. The largest absolute Gasteiger partial charge is 0.480 e. The molecule has 0 unspecified atom stereocenters. The summed E-state index contributed by atoms with van der Waals surface area (Å²) in [7, 11) is 0. The number of carbonyl (C=O) groups is 1.